The van der Waals surface area contributed by atoms with Crippen LogP contribution in [-0.2, 0) is 19.5 Å². The molecule has 0 fully saturated rings. The van der Waals surface area contributed by atoms with Gasteiger partial charge in [-0.2, -0.15) is 5.26 Å². The van der Waals surface area contributed by atoms with Gasteiger partial charge in [0.15, 0.2) is 5.60 Å². The average Bonchev–Trinajstić information content (AvgIpc) is 3.50. The van der Waals surface area contributed by atoms with Crippen molar-refractivity contribution in [3.63, 3.8) is 0 Å². The van der Waals surface area contributed by atoms with Crippen molar-refractivity contribution in [1.82, 2.24) is 8.87 Å². The number of benzene rings is 2. The van der Waals surface area contributed by atoms with E-state index in [2.05, 4.69) is 11.0 Å². The summed E-state index contributed by atoms with van der Waals surface area (Å²) in [5, 5.41) is 11.3. The zero-order valence-electron chi connectivity index (χ0n) is 23.5. The van der Waals surface area contributed by atoms with E-state index in [4.69, 9.17) is 9.47 Å². The largest absolute Gasteiger partial charge is 0.498 e. The molecular weight excluding hydrogens is 541 g/mol. The monoisotopic (exact) mass is 571 g/mol. The Kier molecular flexibility index (Phi) is 6.25. The zero-order valence-corrected chi connectivity index (χ0v) is 24.3. The van der Waals surface area contributed by atoms with Gasteiger partial charge in [0.1, 0.15) is 17.5 Å². The molecule has 3 aliphatic rings. The summed E-state index contributed by atoms with van der Waals surface area (Å²) in [6.07, 6.45) is 3.81. The van der Waals surface area contributed by atoms with E-state index in [1.165, 1.54) is 18.2 Å². The predicted molar refractivity (Wildman–Crippen MR) is 154 cm³/mol. The first-order valence-corrected chi connectivity index (χ1v) is 14.8. The fraction of sp³-hybridized carbons (Fsp3) is 0.281. The van der Waals surface area contributed by atoms with Crippen molar-refractivity contribution in [1.29, 1.82) is 5.26 Å². The number of para-hydroxylation sites is 1. The van der Waals surface area contributed by atoms with Crippen molar-refractivity contribution < 1.29 is 22.3 Å². The highest BCUT2D eigenvalue weighted by molar-refractivity contribution is 7.90. The molecule has 2 aliphatic heterocycles. The topological polar surface area (TPSA) is 84.6 Å². The van der Waals surface area contributed by atoms with Crippen LogP contribution in [0.25, 0.3) is 16.5 Å². The molecule has 0 saturated carbocycles. The Balaban J connectivity index is 1.57. The van der Waals surface area contributed by atoms with Crippen LogP contribution in [0.1, 0.15) is 31.4 Å². The molecule has 7 nitrogen and oxygen atoms in total. The van der Waals surface area contributed by atoms with Crippen LogP contribution in [0, 0.1) is 24.2 Å². The number of aryl methyl sites for hydroxylation is 1. The molecule has 0 N–H and O–H groups in total. The molecule has 6 rings (SSSR count). The first-order valence-electron chi connectivity index (χ1n) is 13.3. The molecule has 9 heteroatoms. The van der Waals surface area contributed by atoms with E-state index in [0.717, 1.165) is 11.3 Å². The molecule has 3 aromatic rings. The number of fused-ring (bicyclic) bond motifs is 3. The second kappa shape index (κ2) is 9.47. The maximum atomic E-state index is 16.0. The van der Waals surface area contributed by atoms with Gasteiger partial charge in [-0.25, -0.2) is 16.8 Å². The molecule has 0 bridgehead atoms. The van der Waals surface area contributed by atoms with Gasteiger partial charge in [-0.15, -0.1) is 0 Å². The third-order valence-electron chi connectivity index (χ3n) is 8.57. The molecule has 210 valence electrons. The number of ether oxygens (including phenoxy) is 2. The lowest BCUT2D eigenvalue weighted by Gasteiger charge is -2.38. The number of methoxy groups -OCH3 is 2. The Labute approximate surface area is 239 Å². The van der Waals surface area contributed by atoms with Gasteiger partial charge >= 0.3 is 0 Å². The number of aromatic nitrogens is 1. The van der Waals surface area contributed by atoms with Crippen LogP contribution in [0.15, 0.2) is 99.8 Å². The number of halogens is 1. The first-order chi connectivity index (χ1) is 19.6. The fourth-order valence-corrected chi connectivity index (χ4v) is 7.66. The lowest BCUT2D eigenvalue weighted by atomic mass is 9.80. The van der Waals surface area contributed by atoms with Crippen LogP contribution >= 0.6 is 0 Å². The highest BCUT2D eigenvalue weighted by atomic mass is 32.2. The van der Waals surface area contributed by atoms with Gasteiger partial charge in [-0.05, 0) is 57.0 Å². The van der Waals surface area contributed by atoms with Gasteiger partial charge in [-0.3, -0.25) is 0 Å². The molecule has 3 heterocycles. The molecule has 2 unspecified atom stereocenters. The second-order valence-electron chi connectivity index (χ2n) is 10.7. The SMILES string of the molecule is COC1=CC2=C3C(C#N)C(c4cn(S(=O)(=O)c5ccc(C)cc5)c5ccccc45)=C(C)N3CCC2=C(F)C1(C)OC. The van der Waals surface area contributed by atoms with E-state index < -0.39 is 27.4 Å². The van der Waals surface area contributed by atoms with Crippen LogP contribution in [0.4, 0.5) is 4.39 Å². The van der Waals surface area contributed by atoms with Crippen molar-refractivity contribution in [2.24, 2.45) is 5.92 Å². The number of nitrogens with zero attached hydrogens (tertiary/aromatic N) is 3. The lowest BCUT2D eigenvalue weighted by Crippen LogP contribution is -2.38. The third-order valence-corrected chi connectivity index (χ3v) is 10.3. The summed E-state index contributed by atoms with van der Waals surface area (Å²) >= 11 is 0. The number of hydrogen-bond acceptors (Lipinski definition) is 6. The van der Waals surface area contributed by atoms with Crippen LogP contribution in [0.2, 0.25) is 0 Å². The van der Waals surface area contributed by atoms with Crippen molar-refractivity contribution >= 4 is 26.5 Å². The molecule has 0 saturated heterocycles. The summed E-state index contributed by atoms with van der Waals surface area (Å²) in [6.45, 7) is 5.95. The van der Waals surface area contributed by atoms with Crippen molar-refractivity contribution in [3.05, 3.63) is 106 Å². The second-order valence-corrected chi connectivity index (χ2v) is 12.5. The van der Waals surface area contributed by atoms with Crippen LogP contribution in [0.5, 0.6) is 0 Å². The maximum absolute atomic E-state index is 16.0. The van der Waals surface area contributed by atoms with Crippen molar-refractivity contribution in [2.75, 3.05) is 20.8 Å². The Bertz CT molecular complexity index is 1890. The van der Waals surface area contributed by atoms with Gasteiger partial charge in [0.2, 0.25) is 0 Å². The van der Waals surface area contributed by atoms with Crippen molar-refractivity contribution in [2.45, 2.75) is 37.7 Å². The van der Waals surface area contributed by atoms with E-state index in [-0.39, 0.29) is 4.90 Å². The first kappa shape index (κ1) is 27.1. The molecule has 0 radical (unpaired) electrons. The smallest absolute Gasteiger partial charge is 0.268 e. The normalized spacial score (nSPS) is 22.6. The minimum absolute atomic E-state index is 0.178. The van der Waals surface area contributed by atoms with E-state index in [1.807, 2.05) is 26.0 Å². The van der Waals surface area contributed by atoms with Gasteiger partial charge in [0, 0.05) is 53.3 Å². The van der Waals surface area contributed by atoms with Crippen LogP contribution in [-0.4, -0.2) is 43.7 Å². The summed E-state index contributed by atoms with van der Waals surface area (Å²) in [4.78, 5) is 2.23. The Morgan fingerprint density at radius 3 is 2.46 bits per heavy atom. The molecule has 0 spiro atoms. The highest BCUT2D eigenvalue weighted by Crippen LogP contribution is 2.52. The van der Waals surface area contributed by atoms with E-state index in [1.54, 1.807) is 55.6 Å². The number of hydrogen-bond donors (Lipinski definition) is 0. The molecule has 0 amide bonds. The van der Waals surface area contributed by atoms with Crippen molar-refractivity contribution in [3.8, 4) is 6.07 Å². The average molecular weight is 572 g/mol. The van der Waals surface area contributed by atoms with Crippen LogP contribution < -0.4 is 0 Å². The predicted octanol–water partition coefficient (Wildman–Crippen LogP) is 6.20. The maximum Gasteiger partial charge on any atom is 0.268 e. The minimum atomic E-state index is -3.92. The molecule has 41 heavy (non-hydrogen) atoms. The standard InChI is InChI=1S/C32H30FN3O4S/c1-19-10-12-21(13-11-19)41(37,38)36-18-26(22-8-6-7-9-27(22)36)29-20(2)35-15-14-23-24(30(35)25(29)17-34)16-28(39-4)32(3,40-5)31(23)33/h6-13,16,18,25H,14-15H2,1-5H3. The molecule has 1 aliphatic carbocycles. The van der Waals surface area contributed by atoms with Gasteiger partial charge in [0.25, 0.3) is 10.0 Å². The van der Waals surface area contributed by atoms with Gasteiger partial charge in [0.05, 0.1) is 23.6 Å². The third kappa shape index (κ3) is 3.74. The summed E-state index contributed by atoms with van der Waals surface area (Å²) < 4.78 is 56.0. The zero-order chi connectivity index (χ0) is 29.3. The summed E-state index contributed by atoms with van der Waals surface area (Å²) in [6, 6.07) is 16.5. The minimum Gasteiger partial charge on any atom is -0.498 e. The number of nitriles is 1. The van der Waals surface area contributed by atoms with E-state index >= 15 is 4.39 Å². The molecule has 2 atom stereocenters. The summed E-state index contributed by atoms with van der Waals surface area (Å²) in [7, 11) is -1.01. The number of rotatable bonds is 5. The quantitative estimate of drug-likeness (QED) is 0.362. The Hall–Kier alpha value is -4.13. The van der Waals surface area contributed by atoms with E-state index in [9.17, 15) is 13.7 Å². The molecule has 2 aromatic carbocycles. The van der Waals surface area contributed by atoms with E-state index in [0.29, 0.717) is 57.6 Å². The summed E-state index contributed by atoms with van der Waals surface area (Å²) in [5.74, 6) is -0.866. The lowest BCUT2D eigenvalue weighted by molar-refractivity contribution is 0.00468. The summed E-state index contributed by atoms with van der Waals surface area (Å²) in [5.41, 5.74) is 4.10. The Morgan fingerprint density at radius 2 is 1.80 bits per heavy atom. The highest BCUT2D eigenvalue weighted by Gasteiger charge is 2.47. The van der Waals surface area contributed by atoms with Gasteiger partial charge in [-0.1, -0.05) is 35.9 Å². The number of allylic oxidation sites excluding steroid dienone is 4. The fourth-order valence-electron chi connectivity index (χ4n) is 6.29. The van der Waals surface area contributed by atoms with Crippen LogP contribution in [0.3, 0.4) is 0 Å². The molecule has 1 aromatic heterocycles. The molecular formula is C32H30FN3O4S. The Morgan fingerprint density at radius 1 is 1.10 bits per heavy atom. The van der Waals surface area contributed by atoms with Gasteiger partial charge < -0.3 is 14.4 Å².